The number of hydrogen-bond acceptors (Lipinski definition) is 4. The highest BCUT2D eigenvalue weighted by molar-refractivity contribution is 6.32. The van der Waals surface area contributed by atoms with Crippen LogP contribution in [-0.4, -0.2) is 51.1 Å². The fraction of sp³-hybridized carbons (Fsp3) is 0.409. The number of amides is 1. The molecule has 2 aromatic carbocycles. The molecule has 1 aliphatic rings. The van der Waals surface area contributed by atoms with Crippen LogP contribution >= 0.6 is 11.6 Å². The average Bonchev–Trinajstić information content (AvgIpc) is 2.68. The number of carbonyl (C=O) groups excluding carboxylic acids is 1. The molecular weight excluding hydrogens is 374 g/mol. The van der Waals surface area contributed by atoms with Crippen molar-refractivity contribution in [3.63, 3.8) is 0 Å². The van der Waals surface area contributed by atoms with Gasteiger partial charge in [0, 0.05) is 37.4 Å². The third-order valence-corrected chi connectivity index (χ3v) is 5.65. The molecule has 28 heavy (non-hydrogen) atoms. The molecule has 0 spiro atoms. The molecule has 0 aromatic heterocycles. The predicted molar refractivity (Wildman–Crippen MR) is 115 cm³/mol. The van der Waals surface area contributed by atoms with Gasteiger partial charge < -0.3 is 19.9 Å². The molecule has 1 amide bonds. The van der Waals surface area contributed by atoms with Gasteiger partial charge in [-0.2, -0.15) is 0 Å². The monoisotopic (exact) mass is 401 g/mol. The van der Waals surface area contributed by atoms with Gasteiger partial charge in [-0.15, -0.1) is 0 Å². The first-order valence-electron chi connectivity index (χ1n) is 9.57. The van der Waals surface area contributed by atoms with Crippen LogP contribution in [0.3, 0.4) is 0 Å². The highest BCUT2D eigenvalue weighted by atomic mass is 35.5. The third-order valence-electron chi connectivity index (χ3n) is 5.36. The summed E-state index contributed by atoms with van der Waals surface area (Å²) in [5.41, 5.74) is 3.72. The number of nitrogens with zero attached hydrogens (tertiary/aromatic N) is 2. The molecule has 1 fully saturated rings. The number of rotatable bonds is 5. The van der Waals surface area contributed by atoms with E-state index in [0.717, 1.165) is 43.0 Å². The van der Waals surface area contributed by atoms with E-state index in [-0.39, 0.29) is 11.9 Å². The van der Waals surface area contributed by atoms with Crippen LogP contribution in [0.5, 0.6) is 5.75 Å². The van der Waals surface area contributed by atoms with E-state index in [4.69, 9.17) is 16.3 Å². The quantitative estimate of drug-likeness (QED) is 0.825. The molecule has 3 rings (SSSR count). The van der Waals surface area contributed by atoms with Crippen molar-refractivity contribution >= 4 is 23.2 Å². The number of likely N-dealkylation sites (N-methyl/N-ethyl adjacent to an activating group) is 1. The molecule has 1 atom stereocenters. The molecule has 2 aromatic rings. The summed E-state index contributed by atoms with van der Waals surface area (Å²) in [6.45, 7) is 7.94. The van der Waals surface area contributed by atoms with E-state index in [1.54, 1.807) is 7.11 Å². The fourth-order valence-electron chi connectivity index (χ4n) is 3.43. The Morgan fingerprint density at radius 3 is 2.50 bits per heavy atom. The number of nitrogens with one attached hydrogen (secondary N) is 1. The minimum atomic E-state index is -0.164. The number of halogens is 1. The van der Waals surface area contributed by atoms with Gasteiger partial charge in [-0.3, -0.25) is 4.79 Å². The van der Waals surface area contributed by atoms with E-state index in [0.29, 0.717) is 16.3 Å². The van der Waals surface area contributed by atoms with E-state index < -0.39 is 0 Å². The van der Waals surface area contributed by atoms with E-state index in [9.17, 15) is 4.79 Å². The van der Waals surface area contributed by atoms with Crippen LogP contribution in [0.2, 0.25) is 5.02 Å². The summed E-state index contributed by atoms with van der Waals surface area (Å²) in [7, 11) is 3.72. The van der Waals surface area contributed by atoms with Crippen molar-refractivity contribution < 1.29 is 9.53 Å². The van der Waals surface area contributed by atoms with Gasteiger partial charge in [0.05, 0.1) is 18.2 Å². The molecule has 1 N–H and O–H groups in total. The molecule has 0 radical (unpaired) electrons. The molecule has 150 valence electrons. The van der Waals surface area contributed by atoms with Crippen molar-refractivity contribution in [2.45, 2.75) is 19.9 Å². The summed E-state index contributed by atoms with van der Waals surface area (Å²) >= 11 is 6.22. The number of methoxy groups -OCH3 is 1. The molecule has 1 heterocycles. The van der Waals surface area contributed by atoms with Gasteiger partial charge >= 0.3 is 0 Å². The molecule has 0 bridgehead atoms. The fourth-order valence-corrected chi connectivity index (χ4v) is 3.69. The van der Waals surface area contributed by atoms with Crippen LogP contribution in [0.1, 0.15) is 34.5 Å². The smallest absolute Gasteiger partial charge is 0.252 e. The Balaban J connectivity index is 1.74. The average molecular weight is 402 g/mol. The minimum Gasteiger partial charge on any atom is -0.495 e. The zero-order valence-corrected chi connectivity index (χ0v) is 17.7. The maximum Gasteiger partial charge on any atom is 0.252 e. The largest absolute Gasteiger partial charge is 0.495 e. The van der Waals surface area contributed by atoms with Gasteiger partial charge in [-0.1, -0.05) is 23.7 Å². The highest BCUT2D eigenvalue weighted by Crippen LogP contribution is 2.28. The SMILES string of the molecule is COc1ccc([C@@H](C)NC(=O)c2cc(N3CCN(C)CC3)ccc2C)cc1Cl. The number of hydrogen-bond donors (Lipinski definition) is 1. The standard InChI is InChI=1S/C22H28ClN3O2/c1-15-5-7-18(26-11-9-25(3)10-12-26)14-19(15)22(27)24-16(2)17-6-8-21(28-4)20(23)13-17/h5-8,13-14,16H,9-12H2,1-4H3,(H,24,27)/t16-/m1/s1. The Morgan fingerprint density at radius 1 is 1.14 bits per heavy atom. The third kappa shape index (κ3) is 4.59. The summed E-state index contributed by atoms with van der Waals surface area (Å²) in [4.78, 5) is 17.6. The van der Waals surface area contributed by atoms with E-state index in [2.05, 4.69) is 28.2 Å². The molecule has 1 saturated heterocycles. The number of piperazine rings is 1. The highest BCUT2D eigenvalue weighted by Gasteiger charge is 2.18. The van der Waals surface area contributed by atoms with Gasteiger partial charge in [-0.25, -0.2) is 0 Å². The second-order valence-corrected chi connectivity index (χ2v) is 7.79. The van der Waals surface area contributed by atoms with Crippen LogP contribution in [-0.2, 0) is 0 Å². The number of carbonyl (C=O) groups is 1. The van der Waals surface area contributed by atoms with Crippen molar-refractivity contribution in [1.82, 2.24) is 10.2 Å². The van der Waals surface area contributed by atoms with Crippen molar-refractivity contribution in [3.05, 3.63) is 58.1 Å². The first kappa shape index (κ1) is 20.5. The first-order valence-corrected chi connectivity index (χ1v) is 9.95. The summed E-state index contributed by atoms with van der Waals surface area (Å²) in [6, 6.07) is 11.5. The Labute approximate surface area is 172 Å². The molecule has 5 nitrogen and oxygen atoms in total. The number of benzene rings is 2. The summed E-state index contributed by atoms with van der Waals surface area (Å²) in [5, 5.41) is 3.63. The van der Waals surface area contributed by atoms with Gasteiger partial charge in [0.2, 0.25) is 0 Å². The van der Waals surface area contributed by atoms with E-state index in [1.807, 2.05) is 44.2 Å². The van der Waals surface area contributed by atoms with Gasteiger partial charge in [-0.05, 0) is 56.3 Å². The Kier molecular flexibility index (Phi) is 6.47. The Morgan fingerprint density at radius 2 is 1.86 bits per heavy atom. The Bertz CT molecular complexity index is 848. The van der Waals surface area contributed by atoms with Crippen molar-refractivity contribution in [2.75, 3.05) is 45.2 Å². The number of anilines is 1. The maximum absolute atomic E-state index is 12.9. The second kappa shape index (κ2) is 8.84. The summed E-state index contributed by atoms with van der Waals surface area (Å²) < 4.78 is 5.20. The topological polar surface area (TPSA) is 44.8 Å². The molecule has 6 heteroatoms. The van der Waals surface area contributed by atoms with Crippen molar-refractivity contribution in [1.29, 1.82) is 0 Å². The zero-order valence-electron chi connectivity index (χ0n) is 17.0. The Hall–Kier alpha value is -2.24. The van der Waals surface area contributed by atoms with E-state index >= 15 is 0 Å². The lowest BCUT2D eigenvalue weighted by Crippen LogP contribution is -2.44. The molecule has 1 aliphatic heterocycles. The van der Waals surface area contributed by atoms with Gasteiger partial charge in [0.15, 0.2) is 0 Å². The minimum absolute atomic E-state index is 0.0760. The lowest BCUT2D eigenvalue weighted by Gasteiger charge is -2.34. The van der Waals surface area contributed by atoms with Crippen molar-refractivity contribution in [3.8, 4) is 5.75 Å². The van der Waals surface area contributed by atoms with Crippen LogP contribution in [0.15, 0.2) is 36.4 Å². The number of ether oxygens (including phenoxy) is 1. The molecule has 0 saturated carbocycles. The molecule has 0 aliphatic carbocycles. The van der Waals surface area contributed by atoms with Crippen LogP contribution in [0.25, 0.3) is 0 Å². The van der Waals surface area contributed by atoms with Crippen LogP contribution in [0, 0.1) is 6.92 Å². The molecular formula is C22H28ClN3O2. The summed E-state index contributed by atoms with van der Waals surface area (Å²) in [5.74, 6) is 0.549. The first-order chi connectivity index (χ1) is 13.4. The summed E-state index contributed by atoms with van der Waals surface area (Å²) in [6.07, 6.45) is 0. The van der Waals surface area contributed by atoms with Crippen LogP contribution in [0.4, 0.5) is 5.69 Å². The second-order valence-electron chi connectivity index (χ2n) is 7.38. The lowest BCUT2D eigenvalue weighted by atomic mass is 10.0. The van der Waals surface area contributed by atoms with E-state index in [1.165, 1.54) is 0 Å². The maximum atomic E-state index is 12.9. The lowest BCUT2D eigenvalue weighted by molar-refractivity contribution is 0.0939. The predicted octanol–water partition coefficient (Wildman–Crippen LogP) is 3.90. The van der Waals surface area contributed by atoms with Crippen LogP contribution < -0.4 is 15.0 Å². The zero-order chi connectivity index (χ0) is 20.3. The molecule has 0 unspecified atom stereocenters. The normalized spacial score (nSPS) is 16.0. The number of aryl methyl sites for hydroxylation is 1. The van der Waals surface area contributed by atoms with Gasteiger partial charge in [0.1, 0.15) is 5.75 Å². The van der Waals surface area contributed by atoms with Gasteiger partial charge in [0.25, 0.3) is 5.91 Å². The van der Waals surface area contributed by atoms with Crippen molar-refractivity contribution in [2.24, 2.45) is 0 Å².